The molecule has 0 radical (unpaired) electrons. The smallest absolute Gasteiger partial charge is 0.0292 e. The van der Waals surface area contributed by atoms with Gasteiger partial charge >= 0.3 is 0 Å². The Kier molecular flexibility index (Phi) is 2.90. The molecule has 15 heavy (non-hydrogen) atoms. The standard InChI is InChI=1S/C15H28/c1-12-7-9-14(2,3)8-5-6-13-11-15(13,4)10-12/h12-13H,5-11H2,1-4H3. The van der Waals surface area contributed by atoms with E-state index in [0.717, 1.165) is 17.3 Å². The van der Waals surface area contributed by atoms with E-state index in [2.05, 4.69) is 27.7 Å². The molecule has 0 spiro atoms. The van der Waals surface area contributed by atoms with Crippen molar-refractivity contribution in [2.24, 2.45) is 22.7 Å². The second-order valence-electron chi connectivity index (χ2n) is 7.46. The minimum absolute atomic E-state index is 0.608. The highest BCUT2D eigenvalue weighted by Gasteiger charge is 2.49. The molecule has 0 heterocycles. The molecule has 0 aliphatic heterocycles. The highest BCUT2D eigenvalue weighted by molar-refractivity contribution is 4.99. The lowest BCUT2D eigenvalue weighted by Crippen LogP contribution is -2.16. The first-order chi connectivity index (χ1) is 6.91. The Hall–Kier alpha value is 0. The maximum Gasteiger partial charge on any atom is -0.0292 e. The van der Waals surface area contributed by atoms with Crippen molar-refractivity contribution in [1.82, 2.24) is 0 Å². The Bertz CT molecular complexity index is 228. The van der Waals surface area contributed by atoms with Crippen LogP contribution >= 0.6 is 0 Å². The van der Waals surface area contributed by atoms with E-state index < -0.39 is 0 Å². The van der Waals surface area contributed by atoms with Crippen LogP contribution in [0.3, 0.4) is 0 Å². The number of fused-ring (bicyclic) bond motifs is 1. The quantitative estimate of drug-likeness (QED) is 0.524. The Balaban J connectivity index is 1.96. The molecule has 88 valence electrons. The molecule has 2 aliphatic carbocycles. The van der Waals surface area contributed by atoms with Crippen LogP contribution in [0.5, 0.6) is 0 Å². The van der Waals surface area contributed by atoms with Gasteiger partial charge in [-0.25, -0.2) is 0 Å². The molecule has 0 bridgehead atoms. The second kappa shape index (κ2) is 3.79. The summed E-state index contributed by atoms with van der Waals surface area (Å²) in [7, 11) is 0. The summed E-state index contributed by atoms with van der Waals surface area (Å²) < 4.78 is 0. The molecule has 2 aliphatic rings. The van der Waals surface area contributed by atoms with Crippen LogP contribution in [0, 0.1) is 22.7 Å². The largest absolute Gasteiger partial charge is 0.0625 e. The Morgan fingerprint density at radius 1 is 0.933 bits per heavy atom. The van der Waals surface area contributed by atoms with Crippen molar-refractivity contribution < 1.29 is 0 Å². The van der Waals surface area contributed by atoms with Crippen molar-refractivity contribution in [3.8, 4) is 0 Å². The molecule has 2 fully saturated rings. The lowest BCUT2D eigenvalue weighted by molar-refractivity contribution is 0.231. The van der Waals surface area contributed by atoms with Crippen LogP contribution in [-0.4, -0.2) is 0 Å². The molecule has 3 atom stereocenters. The van der Waals surface area contributed by atoms with Gasteiger partial charge < -0.3 is 0 Å². The third kappa shape index (κ3) is 2.77. The van der Waals surface area contributed by atoms with Gasteiger partial charge in [0.25, 0.3) is 0 Å². The number of rotatable bonds is 0. The number of hydrogen-bond donors (Lipinski definition) is 0. The molecule has 2 saturated carbocycles. The highest BCUT2D eigenvalue weighted by Crippen LogP contribution is 2.59. The van der Waals surface area contributed by atoms with E-state index in [-0.39, 0.29) is 0 Å². The van der Waals surface area contributed by atoms with Gasteiger partial charge in [0, 0.05) is 0 Å². The fourth-order valence-corrected chi connectivity index (χ4v) is 3.69. The van der Waals surface area contributed by atoms with E-state index in [1.807, 2.05) is 0 Å². The van der Waals surface area contributed by atoms with E-state index in [1.54, 1.807) is 0 Å². The molecular formula is C15H28. The fraction of sp³-hybridized carbons (Fsp3) is 1.00. The molecule has 2 rings (SSSR count). The minimum atomic E-state index is 0.608. The van der Waals surface area contributed by atoms with Crippen LogP contribution in [0.2, 0.25) is 0 Å². The molecule has 0 aromatic carbocycles. The van der Waals surface area contributed by atoms with Gasteiger partial charge in [-0.2, -0.15) is 0 Å². The van der Waals surface area contributed by atoms with E-state index >= 15 is 0 Å². The van der Waals surface area contributed by atoms with Crippen LogP contribution < -0.4 is 0 Å². The lowest BCUT2D eigenvalue weighted by Gasteiger charge is -2.29. The summed E-state index contributed by atoms with van der Waals surface area (Å²) in [5, 5.41) is 0. The highest BCUT2D eigenvalue weighted by atomic mass is 14.5. The van der Waals surface area contributed by atoms with E-state index in [0.29, 0.717) is 5.41 Å². The van der Waals surface area contributed by atoms with Gasteiger partial charge in [0.1, 0.15) is 0 Å². The summed E-state index contributed by atoms with van der Waals surface area (Å²) in [6.45, 7) is 9.93. The van der Waals surface area contributed by atoms with Gasteiger partial charge in [-0.15, -0.1) is 0 Å². The van der Waals surface area contributed by atoms with Crippen molar-refractivity contribution in [1.29, 1.82) is 0 Å². The Labute approximate surface area is 95.8 Å². The molecule has 3 unspecified atom stereocenters. The maximum atomic E-state index is 2.53. The van der Waals surface area contributed by atoms with Crippen molar-refractivity contribution in [3.63, 3.8) is 0 Å². The number of hydrogen-bond acceptors (Lipinski definition) is 0. The summed E-state index contributed by atoms with van der Waals surface area (Å²) in [6, 6.07) is 0. The van der Waals surface area contributed by atoms with Crippen molar-refractivity contribution in [2.45, 2.75) is 72.6 Å². The molecule has 0 saturated heterocycles. The summed E-state index contributed by atoms with van der Waals surface area (Å²) in [4.78, 5) is 0. The van der Waals surface area contributed by atoms with Gasteiger partial charge in [-0.1, -0.05) is 40.5 Å². The first-order valence-electron chi connectivity index (χ1n) is 6.91. The molecule has 0 aromatic rings. The summed E-state index contributed by atoms with van der Waals surface area (Å²) in [5.41, 5.74) is 1.36. The first kappa shape index (κ1) is 11.5. The van der Waals surface area contributed by atoms with Gasteiger partial charge in [0.2, 0.25) is 0 Å². The molecule has 0 N–H and O–H groups in total. The predicted molar refractivity (Wildman–Crippen MR) is 66.9 cm³/mol. The second-order valence-corrected chi connectivity index (χ2v) is 7.46. The van der Waals surface area contributed by atoms with Gasteiger partial charge in [-0.3, -0.25) is 0 Å². The molecule has 0 amide bonds. The normalized spacial score (nSPS) is 45.6. The van der Waals surface area contributed by atoms with Crippen LogP contribution in [0.1, 0.15) is 72.6 Å². The van der Waals surface area contributed by atoms with Crippen molar-refractivity contribution >= 4 is 0 Å². The van der Waals surface area contributed by atoms with Crippen LogP contribution in [0.15, 0.2) is 0 Å². The average Bonchev–Trinajstić information content (AvgIpc) is 2.73. The van der Waals surface area contributed by atoms with Crippen LogP contribution in [-0.2, 0) is 0 Å². The summed E-state index contributed by atoms with van der Waals surface area (Å²) >= 11 is 0. The molecule has 0 heteroatoms. The van der Waals surface area contributed by atoms with Crippen molar-refractivity contribution in [2.75, 3.05) is 0 Å². The van der Waals surface area contributed by atoms with Gasteiger partial charge in [-0.05, 0) is 54.8 Å². The van der Waals surface area contributed by atoms with Gasteiger partial charge in [0.15, 0.2) is 0 Å². The Morgan fingerprint density at radius 3 is 2.40 bits per heavy atom. The fourth-order valence-electron chi connectivity index (χ4n) is 3.69. The zero-order valence-electron chi connectivity index (χ0n) is 11.1. The summed E-state index contributed by atoms with van der Waals surface area (Å²) in [5.74, 6) is 2.03. The molecular weight excluding hydrogens is 180 g/mol. The van der Waals surface area contributed by atoms with E-state index in [1.165, 1.54) is 44.9 Å². The van der Waals surface area contributed by atoms with Crippen LogP contribution in [0.25, 0.3) is 0 Å². The zero-order chi connectivity index (χ0) is 11.1. The third-order valence-electron chi connectivity index (χ3n) is 5.07. The Morgan fingerprint density at radius 2 is 1.67 bits per heavy atom. The van der Waals surface area contributed by atoms with E-state index in [9.17, 15) is 0 Å². The average molecular weight is 208 g/mol. The zero-order valence-corrected chi connectivity index (χ0v) is 11.1. The SMILES string of the molecule is CC1CCC(C)(C)CCCC2CC2(C)C1. The topological polar surface area (TPSA) is 0 Å². The first-order valence-corrected chi connectivity index (χ1v) is 6.91. The van der Waals surface area contributed by atoms with Gasteiger partial charge in [0.05, 0.1) is 0 Å². The molecule has 0 nitrogen and oxygen atoms in total. The van der Waals surface area contributed by atoms with Crippen LogP contribution in [0.4, 0.5) is 0 Å². The summed E-state index contributed by atoms with van der Waals surface area (Å²) in [6.07, 6.45) is 10.3. The van der Waals surface area contributed by atoms with E-state index in [4.69, 9.17) is 0 Å². The minimum Gasteiger partial charge on any atom is -0.0625 e. The molecule has 0 aromatic heterocycles. The monoisotopic (exact) mass is 208 g/mol. The third-order valence-corrected chi connectivity index (χ3v) is 5.07. The predicted octanol–water partition coefficient (Wildman–Crippen LogP) is 5.03. The lowest BCUT2D eigenvalue weighted by atomic mass is 9.77. The maximum absolute atomic E-state index is 2.53. The van der Waals surface area contributed by atoms with Crippen molar-refractivity contribution in [3.05, 3.63) is 0 Å².